The van der Waals surface area contributed by atoms with Gasteiger partial charge in [0.1, 0.15) is 0 Å². The first-order valence-electron chi connectivity index (χ1n) is 9.89. The van der Waals surface area contributed by atoms with Gasteiger partial charge >= 0.3 is 0 Å². The van der Waals surface area contributed by atoms with Crippen molar-refractivity contribution in [3.63, 3.8) is 0 Å². The van der Waals surface area contributed by atoms with Gasteiger partial charge in [-0.15, -0.1) is 5.10 Å². The molecule has 9 heteroatoms. The summed E-state index contributed by atoms with van der Waals surface area (Å²) in [5.74, 6) is 0.951. The van der Waals surface area contributed by atoms with Crippen LogP contribution < -0.4 is 4.90 Å². The van der Waals surface area contributed by atoms with Crippen LogP contribution in [0.25, 0.3) is 10.2 Å². The smallest absolute Gasteiger partial charge is 0.186 e. The SMILES string of the molecule is CCC[C@H](c1nnnn1CCOC)N1CCN(c2nc3ccccc3s2)CC1. The molecule has 2 aromatic heterocycles. The molecule has 1 atom stereocenters. The van der Waals surface area contributed by atoms with Crippen LogP contribution in [0.2, 0.25) is 0 Å². The van der Waals surface area contributed by atoms with Crippen LogP contribution in [0.4, 0.5) is 5.13 Å². The van der Waals surface area contributed by atoms with Crippen molar-refractivity contribution in [3.8, 4) is 0 Å². The number of benzene rings is 1. The van der Waals surface area contributed by atoms with Crippen molar-refractivity contribution < 1.29 is 4.74 Å². The van der Waals surface area contributed by atoms with E-state index in [1.54, 1.807) is 18.4 Å². The van der Waals surface area contributed by atoms with E-state index in [4.69, 9.17) is 9.72 Å². The van der Waals surface area contributed by atoms with Gasteiger partial charge in [0, 0.05) is 33.3 Å². The lowest BCUT2D eigenvalue weighted by Gasteiger charge is -2.38. The zero-order valence-corrected chi connectivity index (χ0v) is 17.3. The molecular formula is C19H27N7OS. The molecule has 0 aliphatic carbocycles. The number of nitrogens with zero attached hydrogens (tertiary/aromatic N) is 7. The highest BCUT2D eigenvalue weighted by Crippen LogP contribution is 2.31. The highest BCUT2D eigenvalue weighted by molar-refractivity contribution is 7.22. The van der Waals surface area contributed by atoms with Gasteiger partial charge in [0.15, 0.2) is 11.0 Å². The van der Waals surface area contributed by atoms with Gasteiger partial charge in [-0.1, -0.05) is 36.8 Å². The maximum Gasteiger partial charge on any atom is 0.186 e. The fourth-order valence-corrected chi connectivity index (χ4v) is 4.77. The average Bonchev–Trinajstić information content (AvgIpc) is 3.37. The Bertz CT molecular complexity index is 854. The molecule has 4 rings (SSSR count). The number of hydrogen-bond acceptors (Lipinski definition) is 8. The van der Waals surface area contributed by atoms with E-state index in [-0.39, 0.29) is 6.04 Å². The Morgan fingerprint density at radius 1 is 1.18 bits per heavy atom. The Balaban J connectivity index is 1.45. The molecule has 1 aliphatic heterocycles. The van der Waals surface area contributed by atoms with Crippen LogP contribution in [0.1, 0.15) is 31.6 Å². The largest absolute Gasteiger partial charge is 0.383 e. The van der Waals surface area contributed by atoms with E-state index in [9.17, 15) is 0 Å². The summed E-state index contributed by atoms with van der Waals surface area (Å²) < 4.78 is 8.34. The lowest BCUT2D eigenvalue weighted by molar-refractivity contribution is 0.153. The first kappa shape index (κ1) is 19.2. The summed E-state index contributed by atoms with van der Waals surface area (Å²) in [7, 11) is 1.70. The van der Waals surface area contributed by atoms with E-state index in [1.165, 1.54) is 4.70 Å². The molecule has 0 amide bonds. The van der Waals surface area contributed by atoms with Crippen molar-refractivity contribution in [2.24, 2.45) is 0 Å². The number of thiazole rings is 1. The molecule has 0 saturated carbocycles. The van der Waals surface area contributed by atoms with Crippen molar-refractivity contribution in [2.45, 2.75) is 32.4 Å². The predicted molar refractivity (Wildman–Crippen MR) is 111 cm³/mol. The fraction of sp³-hybridized carbons (Fsp3) is 0.579. The fourth-order valence-electron chi connectivity index (χ4n) is 3.76. The van der Waals surface area contributed by atoms with Crippen molar-refractivity contribution in [2.75, 3.05) is 44.8 Å². The highest BCUT2D eigenvalue weighted by atomic mass is 32.1. The number of aromatic nitrogens is 5. The summed E-state index contributed by atoms with van der Waals surface area (Å²) in [5, 5.41) is 13.6. The van der Waals surface area contributed by atoms with Crippen LogP contribution in [-0.2, 0) is 11.3 Å². The monoisotopic (exact) mass is 401 g/mol. The molecule has 150 valence electrons. The third-order valence-corrected chi connectivity index (χ3v) is 6.33. The van der Waals surface area contributed by atoms with E-state index < -0.39 is 0 Å². The highest BCUT2D eigenvalue weighted by Gasteiger charge is 2.29. The van der Waals surface area contributed by atoms with Crippen molar-refractivity contribution in [3.05, 3.63) is 30.1 Å². The molecule has 0 radical (unpaired) electrons. The Kier molecular flexibility index (Phi) is 6.13. The molecule has 0 spiro atoms. The number of methoxy groups -OCH3 is 1. The Hall–Kier alpha value is -2.10. The number of anilines is 1. The van der Waals surface area contributed by atoms with Gasteiger partial charge in [-0.05, 0) is 29.0 Å². The topological polar surface area (TPSA) is 72.2 Å². The molecule has 0 unspecified atom stereocenters. The summed E-state index contributed by atoms with van der Waals surface area (Å²) >= 11 is 1.78. The van der Waals surface area contributed by atoms with E-state index >= 15 is 0 Å². The summed E-state index contributed by atoms with van der Waals surface area (Å²) in [6.45, 7) is 7.43. The third kappa shape index (κ3) is 4.01. The summed E-state index contributed by atoms with van der Waals surface area (Å²) in [5.41, 5.74) is 1.09. The zero-order valence-electron chi connectivity index (χ0n) is 16.5. The second kappa shape index (κ2) is 8.93. The maximum atomic E-state index is 5.20. The molecule has 8 nitrogen and oxygen atoms in total. The molecule has 1 aliphatic rings. The first-order valence-corrected chi connectivity index (χ1v) is 10.7. The normalized spacial score (nSPS) is 16.7. The van der Waals surface area contributed by atoms with Crippen molar-refractivity contribution >= 4 is 26.7 Å². The molecule has 28 heavy (non-hydrogen) atoms. The number of fused-ring (bicyclic) bond motifs is 1. The van der Waals surface area contributed by atoms with Crippen LogP contribution in [-0.4, -0.2) is 70.0 Å². The van der Waals surface area contributed by atoms with Gasteiger partial charge in [-0.2, -0.15) is 0 Å². The number of ether oxygens (including phenoxy) is 1. The van der Waals surface area contributed by atoms with Crippen molar-refractivity contribution in [1.82, 2.24) is 30.1 Å². The van der Waals surface area contributed by atoms with Crippen LogP contribution in [0.3, 0.4) is 0 Å². The van der Waals surface area contributed by atoms with Gasteiger partial charge in [0.05, 0.1) is 29.4 Å². The van der Waals surface area contributed by atoms with Gasteiger partial charge in [-0.25, -0.2) is 9.67 Å². The summed E-state index contributed by atoms with van der Waals surface area (Å²) in [4.78, 5) is 9.73. The molecular weight excluding hydrogens is 374 g/mol. The van der Waals surface area contributed by atoms with Gasteiger partial charge < -0.3 is 9.64 Å². The third-order valence-electron chi connectivity index (χ3n) is 5.24. The zero-order chi connectivity index (χ0) is 19.3. The Labute approximate surface area is 169 Å². The lowest BCUT2D eigenvalue weighted by atomic mass is 10.1. The minimum absolute atomic E-state index is 0.245. The molecule has 0 N–H and O–H groups in total. The van der Waals surface area contributed by atoms with Crippen LogP contribution in [0, 0.1) is 0 Å². The first-order chi connectivity index (χ1) is 13.8. The van der Waals surface area contributed by atoms with Crippen LogP contribution >= 0.6 is 11.3 Å². The number of tetrazole rings is 1. The van der Waals surface area contributed by atoms with E-state index in [2.05, 4.69) is 50.4 Å². The molecule has 1 aromatic carbocycles. The van der Waals surface area contributed by atoms with E-state index in [0.29, 0.717) is 13.2 Å². The van der Waals surface area contributed by atoms with Gasteiger partial charge in [0.25, 0.3) is 0 Å². The average molecular weight is 402 g/mol. The number of piperazine rings is 1. The summed E-state index contributed by atoms with van der Waals surface area (Å²) in [6, 6.07) is 8.60. The lowest BCUT2D eigenvalue weighted by Crippen LogP contribution is -2.48. The minimum atomic E-state index is 0.245. The molecule has 1 fully saturated rings. The van der Waals surface area contributed by atoms with Crippen molar-refractivity contribution in [1.29, 1.82) is 0 Å². The maximum absolute atomic E-state index is 5.20. The van der Waals surface area contributed by atoms with Gasteiger partial charge in [-0.3, -0.25) is 4.90 Å². The Morgan fingerprint density at radius 3 is 2.75 bits per heavy atom. The van der Waals surface area contributed by atoms with Gasteiger partial charge in [0.2, 0.25) is 0 Å². The van der Waals surface area contributed by atoms with E-state index in [0.717, 1.165) is 55.5 Å². The number of hydrogen-bond donors (Lipinski definition) is 0. The quantitative estimate of drug-likeness (QED) is 0.574. The number of rotatable bonds is 8. The molecule has 3 heterocycles. The summed E-state index contributed by atoms with van der Waals surface area (Å²) in [6.07, 6.45) is 2.15. The van der Waals surface area contributed by atoms with Crippen LogP contribution in [0.15, 0.2) is 24.3 Å². The van der Waals surface area contributed by atoms with E-state index in [1.807, 2.05) is 10.7 Å². The standard InChI is InChI=1S/C19H27N7OS/c1-3-6-16(18-21-22-23-26(18)13-14-27-2)24-9-11-25(12-10-24)19-20-15-7-4-5-8-17(15)28-19/h4-5,7-8,16H,3,6,9-14H2,1-2H3/t16-/m1/s1. The second-order valence-electron chi connectivity index (χ2n) is 7.04. The van der Waals surface area contributed by atoms with Crippen LogP contribution in [0.5, 0.6) is 0 Å². The predicted octanol–water partition coefficient (Wildman–Crippen LogP) is 2.59. The minimum Gasteiger partial charge on any atom is -0.383 e. The second-order valence-corrected chi connectivity index (χ2v) is 8.05. The Morgan fingerprint density at radius 2 is 2.00 bits per heavy atom. The molecule has 1 saturated heterocycles. The number of para-hydroxylation sites is 1. The molecule has 3 aromatic rings. The molecule has 0 bridgehead atoms.